The molecular weight excluding hydrogens is 218 g/mol. The van der Waals surface area contributed by atoms with Crippen molar-refractivity contribution < 1.29 is 4.79 Å². The molecule has 0 aliphatic carbocycles. The van der Waals surface area contributed by atoms with E-state index in [1.807, 2.05) is 16.7 Å². The summed E-state index contributed by atoms with van der Waals surface area (Å²) < 4.78 is 4.03. The van der Waals surface area contributed by atoms with Crippen LogP contribution in [0.1, 0.15) is 5.82 Å². The van der Waals surface area contributed by atoms with E-state index in [0.717, 1.165) is 24.6 Å². The topological polar surface area (TPSA) is 46.1 Å². The van der Waals surface area contributed by atoms with Gasteiger partial charge in [0.2, 0.25) is 5.91 Å². The molecule has 0 atom stereocenters. The van der Waals surface area contributed by atoms with Gasteiger partial charge in [0.05, 0.1) is 6.42 Å². The summed E-state index contributed by atoms with van der Waals surface area (Å²) in [6.45, 7) is 1.74. The van der Waals surface area contributed by atoms with E-state index in [2.05, 4.69) is 9.36 Å². The highest BCUT2D eigenvalue weighted by Gasteiger charge is 2.17. The summed E-state index contributed by atoms with van der Waals surface area (Å²) in [7, 11) is 0. The van der Waals surface area contributed by atoms with Crippen LogP contribution in [0.4, 0.5) is 0 Å². The minimum absolute atomic E-state index is 0.156. The minimum Gasteiger partial charge on any atom is -0.341 e. The lowest BCUT2D eigenvalue weighted by atomic mass is 10.3. The minimum atomic E-state index is 0.156. The van der Waals surface area contributed by atoms with Crippen molar-refractivity contribution in [1.29, 1.82) is 0 Å². The number of aromatic nitrogens is 2. The number of hydrogen-bond acceptors (Lipinski definition) is 5. The largest absolute Gasteiger partial charge is 0.341 e. The Morgan fingerprint density at radius 1 is 1.50 bits per heavy atom. The SMILES string of the molecule is O=C(Cc1ncsn1)N1CCSCC1. The van der Waals surface area contributed by atoms with Crippen LogP contribution in [0.15, 0.2) is 5.51 Å². The van der Waals surface area contributed by atoms with Crippen molar-refractivity contribution in [3.8, 4) is 0 Å². The fraction of sp³-hybridized carbons (Fsp3) is 0.625. The van der Waals surface area contributed by atoms with Crippen molar-refractivity contribution in [1.82, 2.24) is 14.3 Å². The zero-order valence-corrected chi connectivity index (χ0v) is 9.31. The van der Waals surface area contributed by atoms with Crippen LogP contribution in [0.25, 0.3) is 0 Å². The normalized spacial score (nSPS) is 17.0. The summed E-state index contributed by atoms with van der Waals surface area (Å²) in [6, 6.07) is 0. The average molecular weight is 229 g/mol. The Morgan fingerprint density at radius 2 is 2.29 bits per heavy atom. The van der Waals surface area contributed by atoms with E-state index in [1.54, 1.807) is 5.51 Å². The Labute approximate surface area is 90.9 Å². The van der Waals surface area contributed by atoms with Gasteiger partial charge in [-0.25, -0.2) is 4.98 Å². The molecule has 1 amide bonds. The number of hydrogen-bond donors (Lipinski definition) is 0. The third-order valence-corrected chi connectivity index (χ3v) is 3.54. The summed E-state index contributed by atoms with van der Waals surface area (Å²) in [6.07, 6.45) is 0.355. The molecule has 1 saturated heterocycles. The Bertz CT molecular complexity index is 296. The van der Waals surface area contributed by atoms with Gasteiger partial charge in [0.25, 0.3) is 0 Å². The Kier molecular flexibility index (Phi) is 3.36. The van der Waals surface area contributed by atoms with Crippen molar-refractivity contribution in [2.24, 2.45) is 0 Å². The van der Waals surface area contributed by atoms with Gasteiger partial charge in [-0.3, -0.25) is 4.79 Å². The maximum absolute atomic E-state index is 11.7. The van der Waals surface area contributed by atoms with Crippen LogP contribution in [0, 0.1) is 0 Å². The molecule has 6 heteroatoms. The number of thioether (sulfide) groups is 1. The molecule has 0 radical (unpaired) electrons. The maximum Gasteiger partial charge on any atom is 0.230 e. The van der Waals surface area contributed by atoms with Crippen LogP contribution in [0.2, 0.25) is 0 Å². The molecule has 2 rings (SSSR count). The Morgan fingerprint density at radius 3 is 2.93 bits per heavy atom. The van der Waals surface area contributed by atoms with Crippen LogP contribution in [0.5, 0.6) is 0 Å². The predicted molar refractivity (Wildman–Crippen MR) is 57.5 cm³/mol. The van der Waals surface area contributed by atoms with E-state index in [1.165, 1.54) is 11.5 Å². The van der Waals surface area contributed by atoms with Gasteiger partial charge in [-0.05, 0) is 11.5 Å². The summed E-state index contributed by atoms with van der Waals surface area (Å²) in [5.74, 6) is 2.91. The van der Waals surface area contributed by atoms with Gasteiger partial charge >= 0.3 is 0 Å². The lowest BCUT2D eigenvalue weighted by molar-refractivity contribution is -0.130. The summed E-state index contributed by atoms with van der Waals surface area (Å²) >= 11 is 3.19. The molecule has 76 valence electrons. The van der Waals surface area contributed by atoms with Crippen LogP contribution >= 0.6 is 23.3 Å². The monoisotopic (exact) mass is 229 g/mol. The number of carbonyl (C=O) groups is 1. The van der Waals surface area contributed by atoms with Crippen molar-refractivity contribution in [2.45, 2.75) is 6.42 Å². The van der Waals surface area contributed by atoms with Crippen LogP contribution in [0.3, 0.4) is 0 Å². The van der Waals surface area contributed by atoms with Gasteiger partial charge in [-0.1, -0.05) is 0 Å². The second kappa shape index (κ2) is 4.75. The average Bonchev–Trinajstić information content (AvgIpc) is 2.72. The van der Waals surface area contributed by atoms with Crippen molar-refractivity contribution in [3.05, 3.63) is 11.3 Å². The first-order chi connectivity index (χ1) is 6.86. The van der Waals surface area contributed by atoms with Crippen LogP contribution < -0.4 is 0 Å². The molecule has 0 aromatic carbocycles. The molecule has 1 aliphatic heterocycles. The first kappa shape index (κ1) is 9.92. The second-order valence-electron chi connectivity index (χ2n) is 3.02. The van der Waals surface area contributed by atoms with Gasteiger partial charge in [0.1, 0.15) is 5.51 Å². The predicted octanol–water partition coefficient (Wildman–Crippen LogP) is 0.656. The number of nitrogens with zero attached hydrogens (tertiary/aromatic N) is 3. The van der Waals surface area contributed by atoms with Crippen LogP contribution in [-0.2, 0) is 11.2 Å². The third kappa shape index (κ3) is 2.45. The smallest absolute Gasteiger partial charge is 0.230 e. The van der Waals surface area contributed by atoms with Gasteiger partial charge < -0.3 is 4.90 Å². The van der Waals surface area contributed by atoms with Crippen molar-refractivity contribution in [2.75, 3.05) is 24.6 Å². The summed E-state index contributed by atoms with van der Waals surface area (Å²) in [4.78, 5) is 17.6. The highest BCUT2D eigenvalue weighted by molar-refractivity contribution is 7.99. The molecule has 2 heterocycles. The number of carbonyl (C=O) groups excluding carboxylic acids is 1. The molecule has 1 aromatic rings. The maximum atomic E-state index is 11.7. The van der Waals surface area contributed by atoms with E-state index in [0.29, 0.717) is 12.2 Å². The summed E-state index contributed by atoms with van der Waals surface area (Å²) in [5, 5.41) is 0. The molecule has 1 fully saturated rings. The number of amides is 1. The van der Waals surface area contributed by atoms with E-state index < -0.39 is 0 Å². The van der Waals surface area contributed by atoms with Crippen molar-refractivity contribution >= 4 is 29.2 Å². The standard InChI is InChI=1S/C8H11N3OS2/c12-8(5-7-9-6-14-10-7)11-1-3-13-4-2-11/h6H,1-5H2. The molecule has 0 saturated carbocycles. The lowest BCUT2D eigenvalue weighted by Gasteiger charge is -2.25. The van der Waals surface area contributed by atoms with Crippen LogP contribution in [-0.4, -0.2) is 44.8 Å². The van der Waals surface area contributed by atoms with E-state index in [-0.39, 0.29) is 5.91 Å². The Hall–Kier alpha value is -0.620. The van der Waals surface area contributed by atoms with Crippen molar-refractivity contribution in [3.63, 3.8) is 0 Å². The molecular formula is C8H11N3OS2. The fourth-order valence-corrected chi connectivity index (χ4v) is 2.68. The molecule has 0 unspecified atom stereocenters. The zero-order chi connectivity index (χ0) is 9.80. The molecule has 0 spiro atoms. The molecule has 1 aliphatic rings. The van der Waals surface area contributed by atoms with Gasteiger partial charge in [-0.2, -0.15) is 16.1 Å². The lowest BCUT2D eigenvalue weighted by Crippen LogP contribution is -2.38. The third-order valence-electron chi connectivity index (χ3n) is 2.08. The molecule has 1 aromatic heterocycles. The van der Waals surface area contributed by atoms with Gasteiger partial charge in [0, 0.05) is 24.6 Å². The van der Waals surface area contributed by atoms with E-state index in [4.69, 9.17) is 0 Å². The van der Waals surface area contributed by atoms with Gasteiger partial charge in [-0.15, -0.1) is 0 Å². The fourth-order valence-electron chi connectivity index (χ4n) is 1.33. The first-order valence-corrected chi connectivity index (χ1v) is 6.46. The first-order valence-electron chi connectivity index (χ1n) is 4.47. The zero-order valence-electron chi connectivity index (χ0n) is 7.68. The molecule has 4 nitrogen and oxygen atoms in total. The number of rotatable bonds is 2. The van der Waals surface area contributed by atoms with E-state index >= 15 is 0 Å². The van der Waals surface area contributed by atoms with E-state index in [9.17, 15) is 4.79 Å². The molecule has 0 bridgehead atoms. The quantitative estimate of drug-likeness (QED) is 0.747. The highest BCUT2D eigenvalue weighted by Crippen LogP contribution is 2.10. The molecule has 14 heavy (non-hydrogen) atoms. The highest BCUT2D eigenvalue weighted by atomic mass is 32.2. The molecule has 0 N–H and O–H groups in total. The Balaban J connectivity index is 1.88. The summed E-state index contributed by atoms with van der Waals surface area (Å²) in [5.41, 5.74) is 1.66. The second-order valence-corrected chi connectivity index (χ2v) is 4.85. The van der Waals surface area contributed by atoms with Gasteiger partial charge in [0.15, 0.2) is 5.82 Å².